The van der Waals surface area contributed by atoms with Crippen molar-refractivity contribution in [3.05, 3.63) is 23.4 Å². The number of carbonyl (C=O) groups is 1. The molecule has 110 valence electrons. The number of anilines is 1. The quantitative estimate of drug-likeness (QED) is 0.865. The van der Waals surface area contributed by atoms with Crippen LogP contribution in [0.15, 0.2) is 12.3 Å². The largest absolute Gasteiger partial charge is 0.478 e. The lowest BCUT2D eigenvalue weighted by Gasteiger charge is -2.36. The van der Waals surface area contributed by atoms with Crippen LogP contribution < -0.4 is 5.32 Å². The zero-order chi connectivity index (χ0) is 14.8. The molecule has 0 bridgehead atoms. The first-order valence-corrected chi connectivity index (χ1v) is 7.06. The van der Waals surface area contributed by atoms with Gasteiger partial charge in [0, 0.05) is 18.3 Å². The number of hydrogen-bond donors (Lipinski definition) is 2. The van der Waals surface area contributed by atoms with Gasteiger partial charge in [0.15, 0.2) is 0 Å². The van der Waals surface area contributed by atoms with Crippen LogP contribution in [0.25, 0.3) is 0 Å². The van der Waals surface area contributed by atoms with Crippen molar-refractivity contribution < 1.29 is 9.90 Å². The fraction of sp³-hybridized carbons (Fsp3) is 0.600. The molecule has 1 fully saturated rings. The van der Waals surface area contributed by atoms with E-state index in [1.54, 1.807) is 19.2 Å². The highest BCUT2D eigenvalue weighted by atomic mass is 16.4. The van der Waals surface area contributed by atoms with Crippen molar-refractivity contribution in [1.29, 1.82) is 0 Å². The van der Waals surface area contributed by atoms with Gasteiger partial charge in [0.05, 0.1) is 0 Å². The standard InChI is InChI=1S/C15H23N3O2/c1-11-6-9-16-13(12(11)14(19)20)17-10-15(18(2)3)7-4-5-8-15/h6,9H,4-5,7-8,10H2,1-3H3,(H,16,17)(H,19,20). The van der Waals surface area contributed by atoms with E-state index in [-0.39, 0.29) is 11.1 Å². The van der Waals surface area contributed by atoms with Crippen molar-refractivity contribution in [2.45, 2.75) is 38.1 Å². The van der Waals surface area contributed by atoms with Crippen molar-refractivity contribution >= 4 is 11.8 Å². The van der Waals surface area contributed by atoms with Gasteiger partial charge in [-0.2, -0.15) is 0 Å². The molecule has 0 spiro atoms. The first-order valence-electron chi connectivity index (χ1n) is 7.06. The minimum absolute atomic E-state index is 0.112. The van der Waals surface area contributed by atoms with Crippen LogP contribution in [0.5, 0.6) is 0 Å². The summed E-state index contributed by atoms with van der Waals surface area (Å²) >= 11 is 0. The van der Waals surface area contributed by atoms with E-state index in [0.29, 0.717) is 5.82 Å². The van der Waals surface area contributed by atoms with Gasteiger partial charge in [-0.25, -0.2) is 9.78 Å². The van der Waals surface area contributed by atoms with Crippen LogP contribution in [-0.4, -0.2) is 47.1 Å². The van der Waals surface area contributed by atoms with Crippen molar-refractivity contribution in [3.63, 3.8) is 0 Å². The molecule has 1 aliphatic carbocycles. The molecule has 1 heterocycles. The smallest absolute Gasteiger partial charge is 0.339 e. The average molecular weight is 277 g/mol. The molecule has 5 nitrogen and oxygen atoms in total. The molecule has 1 saturated carbocycles. The van der Waals surface area contributed by atoms with E-state index in [9.17, 15) is 9.90 Å². The lowest BCUT2D eigenvalue weighted by atomic mass is 9.96. The number of carboxylic acid groups (broad SMARTS) is 1. The Morgan fingerprint density at radius 3 is 2.65 bits per heavy atom. The normalized spacial score (nSPS) is 17.4. The van der Waals surface area contributed by atoms with Crippen LogP contribution in [0.2, 0.25) is 0 Å². The van der Waals surface area contributed by atoms with E-state index >= 15 is 0 Å². The maximum atomic E-state index is 11.4. The van der Waals surface area contributed by atoms with Gasteiger partial charge in [0.25, 0.3) is 0 Å². The molecule has 1 aliphatic rings. The topological polar surface area (TPSA) is 65.5 Å². The number of rotatable bonds is 5. The SMILES string of the molecule is Cc1ccnc(NCC2(N(C)C)CCCC2)c1C(=O)O. The third-order valence-electron chi connectivity index (χ3n) is 4.44. The third-order valence-corrected chi connectivity index (χ3v) is 4.44. The molecule has 0 amide bonds. The van der Waals surface area contributed by atoms with Gasteiger partial charge in [0.2, 0.25) is 0 Å². The van der Waals surface area contributed by atoms with E-state index < -0.39 is 5.97 Å². The van der Waals surface area contributed by atoms with Crippen LogP contribution in [0, 0.1) is 6.92 Å². The van der Waals surface area contributed by atoms with E-state index in [0.717, 1.165) is 24.9 Å². The maximum absolute atomic E-state index is 11.4. The Bertz CT molecular complexity index is 494. The maximum Gasteiger partial charge on any atom is 0.339 e. The molecule has 2 N–H and O–H groups in total. The Balaban J connectivity index is 2.19. The lowest BCUT2D eigenvalue weighted by Crippen LogP contribution is -2.47. The number of likely N-dealkylation sites (N-methyl/N-ethyl adjacent to an activating group) is 1. The number of nitrogens with one attached hydrogen (secondary N) is 1. The number of hydrogen-bond acceptors (Lipinski definition) is 4. The minimum Gasteiger partial charge on any atom is -0.478 e. The van der Waals surface area contributed by atoms with Crippen LogP contribution in [0.3, 0.4) is 0 Å². The Morgan fingerprint density at radius 1 is 1.45 bits per heavy atom. The Hall–Kier alpha value is -1.62. The molecule has 0 unspecified atom stereocenters. The molecular formula is C15H23N3O2. The van der Waals surface area contributed by atoms with Gasteiger partial charge in [-0.05, 0) is 45.5 Å². The van der Waals surface area contributed by atoms with Gasteiger partial charge in [-0.15, -0.1) is 0 Å². The van der Waals surface area contributed by atoms with E-state index in [1.807, 2.05) is 0 Å². The number of aryl methyl sites for hydroxylation is 1. The van der Waals surface area contributed by atoms with Crippen LogP contribution in [0.1, 0.15) is 41.6 Å². The lowest BCUT2D eigenvalue weighted by molar-refractivity contribution is 0.0696. The Labute approximate surface area is 120 Å². The molecule has 0 aromatic carbocycles. The molecule has 2 rings (SSSR count). The van der Waals surface area contributed by atoms with Crippen molar-refractivity contribution in [2.75, 3.05) is 26.0 Å². The molecule has 1 aromatic rings. The number of nitrogens with zero attached hydrogens (tertiary/aromatic N) is 2. The van der Waals surface area contributed by atoms with Crippen molar-refractivity contribution in [3.8, 4) is 0 Å². The van der Waals surface area contributed by atoms with E-state index in [1.165, 1.54) is 12.8 Å². The molecule has 1 aromatic heterocycles. The highest BCUT2D eigenvalue weighted by molar-refractivity contribution is 5.94. The number of pyridine rings is 1. The van der Waals surface area contributed by atoms with Crippen LogP contribution >= 0.6 is 0 Å². The molecule has 5 heteroatoms. The predicted octanol–water partition coefficient (Wildman–Crippen LogP) is 2.37. The van der Waals surface area contributed by atoms with E-state index in [2.05, 4.69) is 29.3 Å². The first kappa shape index (κ1) is 14.8. The summed E-state index contributed by atoms with van der Waals surface area (Å²) in [5.41, 5.74) is 1.13. The van der Waals surface area contributed by atoms with Gasteiger partial charge in [-0.3, -0.25) is 0 Å². The first-order chi connectivity index (χ1) is 9.46. The fourth-order valence-corrected chi connectivity index (χ4v) is 3.03. The second-order valence-corrected chi connectivity index (χ2v) is 5.84. The fourth-order valence-electron chi connectivity index (χ4n) is 3.03. The summed E-state index contributed by atoms with van der Waals surface area (Å²) in [6.07, 6.45) is 6.39. The molecular weight excluding hydrogens is 254 g/mol. The molecule has 20 heavy (non-hydrogen) atoms. The van der Waals surface area contributed by atoms with Crippen LogP contribution in [0.4, 0.5) is 5.82 Å². The summed E-state index contributed by atoms with van der Waals surface area (Å²) in [4.78, 5) is 17.8. The Kier molecular flexibility index (Phi) is 4.28. The number of aromatic nitrogens is 1. The summed E-state index contributed by atoms with van der Waals surface area (Å²) in [5, 5.41) is 12.6. The number of carboxylic acids is 1. The van der Waals surface area contributed by atoms with Crippen molar-refractivity contribution in [1.82, 2.24) is 9.88 Å². The monoisotopic (exact) mass is 277 g/mol. The predicted molar refractivity (Wildman–Crippen MR) is 79.3 cm³/mol. The van der Waals surface area contributed by atoms with Crippen LogP contribution in [-0.2, 0) is 0 Å². The average Bonchev–Trinajstić information content (AvgIpc) is 2.86. The minimum atomic E-state index is -0.927. The summed E-state index contributed by atoms with van der Waals surface area (Å²) in [7, 11) is 4.18. The third kappa shape index (κ3) is 2.77. The molecule has 0 aliphatic heterocycles. The van der Waals surface area contributed by atoms with Gasteiger partial charge >= 0.3 is 5.97 Å². The van der Waals surface area contributed by atoms with Crippen molar-refractivity contribution in [2.24, 2.45) is 0 Å². The van der Waals surface area contributed by atoms with E-state index in [4.69, 9.17) is 0 Å². The summed E-state index contributed by atoms with van der Waals surface area (Å²) < 4.78 is 0. The van der Waals surface area contributed by atoms with Gasteiger partial charge in [-0.1, -0.05) is 12.8 Å². The second-order valence-electron chi connectivity index (χ2n) is 5.84. The van der Waals surface area contributed by atoms with Gasteiger partial charge in [0.1, 0.15) is 11.4 Å². The highest BCUT2D eigenvalue weighted by Crippen LogP contribution is 2.34. The summed E-state index contributed by atoms with van der Waals surface area (Å²) in [6.45, 7) is 2.53. The zero-order valence-electron chi connectivity index (χ0n) is 12.4. The second kappa shape index (κ2) is 5.79. The van der Waals surface area contributed by atoms with Gasteiger partial charge < -0.3 is 15.3 Å². The highest BCUT2D eigenvalue weighted by Gasteiger charge is 2.36. The Morgan fingerprint density at radius 2 is 2.10 bits per heavy atom. The molecule has 0 radical (unpaired) electrons. The number of aromatic carboxylic acids is 1. The summed E-state index contributed by atoms with van der Waals surface area (Å²) in [6, 6.07) is 1.73. The summed E-state index contributed by atoms with van der Waals surface area (Å²) in [5.74, 6) is -0.450. The molecule has 0 atom stereocenters. The zero-order valence-corrected chi connectivity index (χ0v) is 12.4. The molecule has 0 saturated heterocycles.